The summed E-state index contributed by atoms with van der Waals surface area (Å²) in [5, 5.41) is 3.23. The Morgan fingerprint density at radius 1 is 1.25 bits per heavy atom. The lowest BCUT2D eigenvalue weighted by molar-refractivity contribution is 0.0938. The van der Waals surface area contributed by atoms with Crippen LogP contribution in [0.2, 0.25) is 0 Å². The maximum atomic E-state index is 12.1. The number of halogens is 1. The lowest BCUT2D eigenvalue weighted by Crippen LogP contribution is -2.36. The first-order valence-corrected chi connectivity index (χ1v) is 5.62. The van der Waals surface area contributed by atoms with Crippen molar-refractivity contribution >= 4 is 18.2 Å². The van der Waals surface area contributed by atoms with E-state index in [9.17, 15) is 4.79 Å². The van der Waals surface area contributed by atoms with E-state index in [4.69, 9.17) is 0 Å². The van der Waals surface area contributed by atoms with Gasteiger partial charge in [0.05, 0.1) is 6.04 Å². The Balaban J connectivity index is 0.00000225. The van der Waals surface area contributed by atoms with E-state index >= 15 is 0 Å². The van der Waals surface area contributed by atoms with E-state index in [-0.39, 0.29) is 24.2 Å². The third-order valence-electron chi connectivity index (χ3n) is 2.40. The molecule has 0 bridgehead atoms. The Labute approximate surface area is 104 Å². The first-order valence-electron chi connectivity index (χ1n) is 5.62. The summed E-state index contributed by atoms with van der Waals surface area (Å²) in [5.74, 6) is 0.208. The van der Waals surface area contributed by atoms with Gasteiger partial charge in [0.1, 0.15) is 0 Å². The molecule has 3 heteroatoms. The summed E-state index contributed by atoms with van der Waals surface area (Å²) < 4.78 is 0. The van der Waals surface area contributed by atoms with Crippen LogP contribution in [0.5, 0.6) is 0 Å². The van der Waals surface area contributed by atoms with Crippen molar-refractivity contribution in [3.63, 3.8) is 0 Å². The molecule has 0 saturated heterocycles. The lowest BCUT2D eigenvalue weighted by Gasteiger charge is -2.15. The summed E-state index contributed by atoms with van der Waals surface area (Å²) in [5.41, 5.74) is 0.803. The van der Waals surface area contributed by atoms with Gasteiger partial charge in [0.25, 0.3) is 0 Å². The molecule has 16 heavy (non-hydrogen) atoms. The van der Waals surface area contributed by atoms with Crippen molar-refractivity contribution in [2.75, 3.05) is 6.54 Å². The van der Waals surface area contributed by atoms with Gasteiger partial charge >= 0.3 is 0 Å². The molecule has 0 radical (unpaired) electrons. The molecule has 0 aliphatic heterocycles. The van der Waals surface area contributed by atoms with Crippen LogP contribution in [0.15, 0.2) is 30.3 Å². The molecule has 90 valence electrons. The monoisotopic (exact) mass is 241 g/mol. The lowest BCUT2D eigenvalue weighted by atomic mass is 10.0. The van der Waals surface area contributed by atoms with Crippen molar-refractivity contribution in [2.24, 2.45) is 0 Å². The van der Waals surface area contributed by atoms with E-state index in [1.165, 1.54) is 0 Å². The maximum Gasteiger partial charge on any atom is 0.179 e. The number of likely N-dealkylation sites (N-methyl/N-ethyl adjacent to an activating group) is 1. The van der Waals surface area contributed by atoms with E-state index in [0.717, 1.165) is 24.9 Å². The quantitative estimate of drug-likeness (QED) is 0.776. The van der Waals surface area contributed by atoms with Crippen LogP contribution in [0.25, 0.3) is 0 Å². The molecule has 1 aromatic rings. The van der Waals surface area contributed by atoms with Gasteiger partial charge in [-0.15, -0.1) is 12.4 Å². The summed E-state index contributed by atoms with van der Waals surface area (Å²) in [6, 6.07) is 9.47. The Hall–Kier alpha value is -0.860. The van der Waals surface area contributed by atoms with Crippen LogP contribution in [-0.4, -0.2) is 18.4 Å². The number of benzene rings is 1. The van der Waals surface area contributed by atoms with Crippen molar-refractivity contribution < 1.29 is 4.79 Å². The molecule has 0 aromatic heterocycles. The number of Topliss-reactive ketones (excluding diaryl/α,β-unsaturated/α-hetero) is 1. The van der Waals surface area contributed by atoms with Crippen LogP contribution in [0, 0.1) is 0 Å². The molecule has 1 rings (SSSR count). The molecule has 0 aliphatic rings. The molecule has 0 aliphatic carbocycles. The minimum atomic E-state index is -0.0256. The molecule has 2 nitrogen and oxygen atoms in total. The van der Waals surface area contributed by atoms with Crippen LogP contribution in [0.4, 0.5) is 0 Å². The average molecular weight is 242 g/mol. The first-order chi connectivity index (χ1) is 7.29. The second-order valence-electron chi connectivity index (χ2n) is 3.63. The molecular formula is C13H20ClNO. The van der Waals surface area contributed by atoms with Gasteiger partial charge in [-0.2, -0.15) is 0 Å². The molecule has 1 atom stereocenters. The zero-order valence-electron chi connectivity index (χ0n) is 9.90. The highest BCUT2D eigenvalue weighted by Gasteiger charge is 2.17. The van der Waals surface area contributed by atoms with Crippen LogP contribution in [0.1, 0.15) is 37.0 Å². The number of carbonyl (C=O) groups excluding carboxylic acids is 1. The Morgan fingerprint density at radius 2 is 1.88 bits per heavy atom. The topological polar surface area (TPSA) is 29.1 Å². The highest BCUT2D eigenvalue weighted by atomic mass is 35.5. The van der Waals surface area contributed by atoms with Crippen LogP contribution in [-0.2, 0) is 0 Å². The average Bonchev–Trinajstić information content (AvgIpc) is 2.29. The van der Waals surface area contributed by atoms with Gasteiger partial charge in [0.2, 0.25) is 0 Å². The third-order valence-corrected chi connectivity index (χ3v) is 2.40. The largest absolute Gasteiger partial charge is 0.307 e. The van der Waals surface area contributed by atoms with Crippen molar-refractivity contribution in [1.29, 1.82) is 0 Å². The molecule has 0 heterocycles. The number of rotatable bonds is 6. The molecular weight excluding hydrogens is 222 g/mol. The number of nitrogens with one attached hydrogen (secondary N) is 1. The summed E-state index contributed by atoms with van der Waals surface area (Å²) in [4.78, 5) is 12.1. The second kappa shape index (κ2) is 8.31. The zero-order chi connectivity index (χ0) is 11.1. The number of carbonyl (C=O) groups is 1. The molecule has 0 spiro atoms. The molecule has 0 fully saturated rings. The van der Waals surface area contributed by atoms with Gasteiger partial charge in [-0.1, -0.05) is 50.6 Å². The Kier molecular flexibility index (Phi) is 7.86. The standard InChI is InChI=1S/C13H19NO.ClH/c1-3-8-12(14-4-2)13(15)11-9-6-5-7-10-11;/h5-7,9-10,12,14H,3-4,8H2,1-2H3;1H. The highest BCUT2D eigenvalue weighted by Crippen LogP contribution is 2.07. The summed E-state index contributed by atoms with van der Waals surface area (Å²) in [7, 11) is 0. The van der Waals surface area contributed by atoms with Crippen molar-refractivity contribution in [3.8, 4) is 0 Å². The summed E-state index contributed by atoms with van der Waals surface area (Å²) >= 11 is 0. The molecule has 1 unspecified atom stereocenters. The maximum absolute atomic E-state index is 12.1. The van der Waals surface area contributed by atoms with Crippen molar-refractivity contribution in [3.05, 3.63) is 35.9 Å². The smallest absolute Gasteiger partial charge is 0.179 e. The van der Waals surface area contributed by atoms with E-state index in [1.54, 1.807) is 0 Å². The fourth-order valence-corrected chi connectivity index (χ4v) is 1.66. The van der Waals surface area contributed by atoms with E-state index in [1.807, 2.05) is 37.3 Å². The van der Waals surface area contributed by atoms with Crippen molar-refractivity contribution in [2.45, 2.75) is 32.7 Å². The summed E-state index contributed by atoms with van der Waals surface area (Å²) in [6.45, 7) is 4.97. The van der Waals surface area contributed by atoms with E-state index in [2.05, 4.69) is 12.2 Å². The van der Waals surface area contributed by atoms with Gasteiger partial charge in [0.15, 0.2) is 5.78 Å². The Bertz CT molecular complexity index is 294. The predicted octanol–water partition coefficient (Wildman–Crippen LogP) is 3.07. The minimum Gasteiger partial charge on any atom is -0.307 e. The van der Waals surface area contributed by atoms with Crippen LogP contribution < -0.4 is 5.32 Å². The molecule has 1 aromatic carbocycles. The van der Waals surface area contributed by atoms with Crippen LogP contribution in [0.3, 0.4) is 0 Å². The number of hydrogen-bond donors (Lipinski definition) is 1. The normalized spacial score (nSPS) is 11.6. The van der Waals surface area contributed by atoms with Gasteiger partial charge < -0.3 is 5.32 Å². The highest BCUT2D eigenvalue weighted by molar-refractivity contribution is 6.00. The first kappa shape index (κ1) is 15.1. The second-order valence-corrected chi connectivity index (χ2v) is 3.63. The molecule has 1 N–H and O–H groups in total. The van der Waals surface area contributed by atoms with Gasteiger partial charge in [0, 0.05) is 5.56 Å². The number of hydrogen-bond acceptors (Lipinski definition) is 2. The third kappa shape index (κ3) is 4.33. The Morgan fingerprint density at radius 3 is 2.38 bits per heavy atom. The fraction of sp³-hybridized carbons (Fsp3) is 0.462. The molecule has 0 amide bonds. The minimum absolute atomic E-state index is 0. The zero-order valence-corrected chi connectivity index (χ0v) is 10.7. The van der Waals surface area contributed by atoms with Crippen molar-refractivity contribution in [1.82, 2.24) is 5.32 Å². The molecule has 0 saturated carbocycles. The van der Waals surface area contributed by atoms with Crippen LogP contribution >= 0.6 is 12.4 Å². The van der Waals surface area contributed by atoms with Gasteiger partial charge in [-0.3, -0.25) is 4.79 Å². The van der Waals surface area contributed by atoms with E-state index in [0.29, 0.717) is 0 Å². The SMILES string of the molecule is CCCC(NCC)C(=O)c1ccccc1.Cl. The van der Waals surface area contributed by atoms with Gasteiger partial charge in [-0.25, -0.2) is 0 Å². The van der Waals surface area contributed by atoms with E-state index < -0.39 is 0 Å². The number of ketones is 1. The fourth-order valence-electron chi connectivity index (χ4n) is 1.66. The van der Waals surface area contributed by atoms with Gasteiger partial charge in [-0.05, 0) is 13.0 Å². The predicted molar refractivity (Wildman–Crippen MR) is 70.4 cm³/mol. The summed E-state index contributed by atoms with van der Waals surface area (Å²) in [6.07, 6.45) is 1.93.